The fourth-order valence-electron chi connectivity index (χ4n) is 6.57. The van der Waals surface area contributed by atoms with Crippen molar-refractivity contribution in [2.75, 3.05) is 4.90 Å². The zero-order valence-electron chi connectivity index (χ0n) is 28.8. The second-order valence-corrected chi connectivity index (χ2v) is 11.4. The molecule has 46 heavy (non-hydrogen) atoms. The summed E-state index contributed by atoms with van der Waals surface area (Å²) in [6, 6.07) is 49.4. The van der Waals surface area contributed by atoms with Crippen molar-refractivity contribution >= 4 is 60.5 Å². The van der Waals surface area contributed by atoms with Gasteiger partial charge in [0.2, 0.25) is 0 Å². The Kier molecular flexibility index (Phi) is 5.26. The zero-order valence-corrected chi connectivity index (χ0v) is 24.8. The van der Waals surface area contributed by atoms with E-state index in [1.807, 2.05) is 120 Å². The molecule has 0 saturated heterocycles. The molecule has 0 fully saturated rings. The smallest absolute Gasteiger partial charge is 0.136 e. The summed E-state index contributed by atoms with van der Waals surface area (Å²) >= 11 is 0. The fraction of sp³-hybridized carbons (Fsp3) is 0. The van der Waals surface area contributed by atoms with Crippen LogP contribution in [-0.2, 0) is 0 Å². The van der Waals surface area contributed by atoms with Crippen LogP contribution in [-0.4, -0.2) is 0 Å². The van der Waals surface area contributed by atoms with E-state index in [1.165, 1.54) is 0 Å². The normalized spacial score (nSPS) is 12.7. The quantitative estimate of drug-likeness (QED) is 0.198. The first-order valence-electron chi connectivity index (χ1n) is 17.4. The molecular weight excluding hydrogens is 558 g/mol. The highest BCUT2D eigenvalue weighted by molar-refractivity contribution is 6.17. The Morgan fingerprint density at radius 1 is 0.435 bits per heavy atom. The highest BCUT2D eigenvalue weighted by Gasteiger charge is 2.21. The van der Waals surface area contributed by atoms with Gasteiger partial charge in [0, 0.05) is 27.4 Å². The van der Waals surface area contributed by atoms with Crippen molar-refractivity contribution in [1.29, 1.82) is 0 Å². The summed E-state index contributed by atoms with van der Waals surface area (Å²) in [5, 5.41) is 6.11. The Morgan fingerprint density at radius 3 is 1.91 bits per heavy atom. The van der Waals surface area contributed by atoms with Crippen molar-refractivity contribution in [1.82, 2.24) is 0 Å². The van der Waals surface area contributed by atoms with Gasteiger partial charge in [0.05, 0.1) is 16.9 Å². The van der Waals surface area contributed by atoms with Gasteiger partial charge < -0.3 is 9.32 Å². The molecular formula is C44H29NO. The van der Waals surface area contributed by atoms with Crippen molar-refractivity contribution in [3.05, 3.63) is 176 Å². The molecule has 0 amide bonds. The van der Waals surface area contributed by atoms with Gasteiger partial charge in [-0.1, -0.05) is 133 Å². The minimum absolute atomic E-state index is 0.0928. The van der Waals surface area contributed by atoms with Gasteiger partial charge in [-0.3, -0.25) is 0 Å². The first kappa shape index (κ1) is 22.4. The molecule has 0 aliphatic heterocycles. The Bertz CT molecular complexity index is 2740. The predicted octanol–water partition coefficient (Wildman–Crippen LogP) is 12.7. The van der Waals surface area contributed by atoms with Gasteiger partial charge in [-0.05, 0) is 75.3 Å². The summed E-state index contributed by atoms with van der Waals surface area (Å²) in [7, 11) is 0. The Morgan fingerprint density at radius 2 is 1.07 bits per heavy atom. The number of benzene rings is 8. The van der Waals surface area contributed by atoms with Crippen LogP contribution >= 0.6 is 0 Å². The topological polar surface area (TPSA) is 16.4 Å². The molecule has 0 unspecified atom stereocenters. The van der Waals surface area contributed by atoms with Crippen molar-refractivity contribution in [3.8, 4) is 22.3 Å². The molecule has 1 heterocycles. The SMILES string of the molecule is [2H]c1c([2H])c(N(c2ccccc2-c2cccc3oc4cc5ccccc5cc4c23)c2cccc3ccccc23)c([2H])c([2H])c1-c1ccccc1. The maximum absolute atomic E-state index is 9.48. The second-order valence-electron chi connectivity index (χ2n) is 11.4. The van der Waals surface area contributed by atoms with E-state index in [-0.39, 0.29) is 35.4 Å². The van der Waals surface area contributed by atoms with Gasteiger partial charge in [-0.25, -0.2) is 0 Å². The van der Waals surface area contributed by atoms with Gasteiger partial charge in [-0.15, -0.1) is 0 Å². The van der Waals surface area contributed by atoms with E-state index in [0.29, 0.717) is 5.56 Å². The molecule has 9 aromatic rings. The highest BCUT2D eigenvalue weighted by atomic mass is 16.3. The summed E-state index contributed by atoms with van der Waals surface area (Å²) in [6.45, 7) is 0. The van der Waals surface area contributed by atoms with E-state index in [1.54, 1.807) is 0 Å². The lowest BCUT2D eigenvalue weighted by Crippen LogP contribution is -2.11. The van der Waals surface area contributed by atoms with E-state index < -0.39 is 0 Å². The average molecular weight is 592 g/mol. The molecule has 0 radical (unpaired) electrons. The molecule has 0 aliphatic carbocycles. The lowest BCUT2D eigenvalue weighted by Gasteiger charge is -2.29. The number of para-hydroxylation sites is 1. The van der Waals surface area contributed by atoms with Crippen LogP contribution in [0.15, 0.2) is 180 Å². The van der Waals surface area contributed by atoms with Crippen LogP contribution < -0.4 is 4.90 Å². The number of furan rings is 1. The molecule has 0 atom stereocenters. The molecule has 0 saturated carbocycles. The first-order chi connectivity index (χ1) is 24.5. The summed E-state index contributed by atoms with van der Waals surface area (Å²) in [6.07, 6.45) is 0. The van der Waals surface area contributed by atoms with Crippen molar-refractivity contribution in [3.63, 3.8) is 0 Å². The summed E-state index contributed by atoms with van der Waals surface area (Å²) in [5.74, 6) is 0. The molecule has 0 spiro atoms. The highest BCUT2D eigenvalue weighted by Crippen LogP contribution is 2.46. The number of hydrogen-bond acceptors (Lipinski definition) is 2. The third kappa shape index (κ3) is 4.35. The standard InChI is InChI=1S/C44H29NO/c1-2-12-30(13-3-1)31-24-26-35(27-25-31)45(40-22-10-17-32-14-6-7-18-36(32)40)41-21-9-8-19-37(41)38-20-11-23-42-44(38)39-28-33-15-4-5-16-34(33)29-43(39)46-42/h1-29H/i24D,25D,26D,27D. The van der Waals surface area contributed by atoms with Crippen molar-refractivity contribution in [2.45, 2.75) is 0 Å². The van der Waals surface area contributed by atoms with Gasteiger partial charge in [0.25, 0.3) is 0 Å². The Balaban J connectivity index is 1.37. The van der Waals surface area contributed by atoms with Gasteiger partial charge in [-0.2, -0.15) is 0 Å². The van der Waals surface area contributed by atoms with Crippen molar-refractivity contribution < 1.29 is 9.90 Å². The monoisotopic (exact) mass is 591 g/mol. The van der Waals surface area contributed by atoms with Gasteiger partial charge in [0.15, 0.2) is 0 Å². The lowest BCUT2D eigenvalue weighted by molar-refractivity contribution is 0.669. The van der Waals surface area contributed by atoms with Crippen LogP contribution in [0.1, 0.15) is 5.48 Å². The Hall–Kier alpha value is -6.12. The summed E-state index contributed by atoms with van der Waals surface area (Å²) < 4.78 is 43.9. The molecule has 8 aromatic carbocycles. The maximum atomic E-state index is 9.48. The third-order valence-electron chi connectivity index (χ3n) is 8.70. The average Bonchev–Trinajstić information content (AvgIpc) is 3.53. The first-order valence-corrected chi connectivity index (χ1v) is 15.4. The van der Waals surface area contributed by atoms with Crippen LogP contribution in [0.2, 0.25) is 0 Å². The zero-order chi connectivity index (χ0) is 33.9. The van der Waals surface area contributed by atoms with E-state index in [9.17, 15) is 5.48 Å². The third-order valence-corrected chi connectivity index (χ3v) is 8.70. The van der Waals surface area contributed by atoms with Crippen LogP contribution in [0.5, 0.6) is 0 Å². The number of hydrogen-bond donors (Lipinski definition) is 0. The molecule has 0 aliphatic rings. The van der Waals surface area contributed by atoms with Crippen LogP contribution in [0.4, 0.5) is 17.1 Å². The molecule has 2 nitrogen and oxygen atoms in total. The molecule has 216 valence electrons. The van der Waals surface area contributed by atoms with Crippen LogP contribution in [0.25, 0.3) is 65.7 Å². The molecule has 0 N–H and O–H groups in total. The molecule has 1 aromatic heterocycles. The summed E-state index contributed by atoms with van der Waals surface area (Å²) in [4.78, 5) is 1.91. The van der Waals surface area contributed by atoms with Crippen LogP contribution in [0.3, 0.4) is 0 Å². The predicted molar refractivity (Wildman–Crippen MR) is 194 cm³/mol. The lowest BCUT2D eigenvalue weighted by atomic mass is 9.95. The number of anilines is 3. The number of nitrogens with zero attached hydrogens (tertiary/aromatic N) is 1. The van der Waals surface area contributed by atoms with E-state index in [0.717, 1.165) is 66.0 Å². The second kappa shape index (κ2) is 10.8. The molecule has 9 rings (SSSR count). The van der Waals surface area contributed by atoms with Gasteiger partial charge >= 0.3 is 0 Å². The van der Waals surface area contributed by atoms with E-state index >= 15 is 0 Å². The largest absolute Gasteiger partial charge is 0.456 e. The van der Waals surface area contributed by atoms with Crippen LogP contribution in [0, 0.1) is 0 Å². The fourth-order valence-corrected chi connectivity index (χ4v) is 6.57. The summed E-state index contributed by atoms with van der Waals surface area (Å²) in [5.41, 5.74) is 5.93. The molecule has 0 bridgehead atoms. The minimum atomic E-state index is -0.119. The van der Waals surface area contributed by atoms with E-state index in [2.05, 4.69) is 36.4 Å². The number of fused-ring (bicyclic) bond motifs is 5. The van der Waals surface area contributed by atoms with E-state index in [4.69, 9.17) is 4.42 Å². The number of rotatable bonds is 5. The van der Waals surface area contributed by atoms with Crippen molar-refractivity contribution in [2.24, 2.45) is 0 Å². The molecule has 2 heteroatoms. The minimum Gasteiger partial charge on any atom is -0.456 e. The van der Waals surface area contributed by atoms with Gasteiger partial charge in [0.1, 0.15) is 11.2 Å². The maximum Gasteiger partial charge on any atom is 0.136 e. The Labute approximate surface area is 273 Å².